The maximum atomic E-state index is 9.16. The van der Waals surface area contributed by atoms with Gasteiger partial charge < -0.3 is 9.67 Å². The van der Waals surface area contributed by atoms with Gasteiger partial charge in [-0.2, -0.15) is 5.10 Å². The summed E-state index contributed by atoms with van der Waals surface area (Å²) >= 11 is 5.32. The first-order valence-corrected chi connectivity index (χ1v) is 6.55. The lowest BCUT2D eigenvalue weighted by Gasteiger charge is -2.20. The SMILES string of the molecule is CCCN(Cn1nc(CO)n(C)c1=S)C1CC1. The molecule has 1 fully saturated rings. The fourth-order valence-corrected chi connectivity index (χ4v) is 2.23. The third kappa shape index (κ3) is 2.75. The number of hydrogen-bond donors (Lipinski definition) is 1. The highest BCUT2D eigenvalue weighted by atomic mass is 32.1. The van der Waals surface area contributed by atoms with Crippen LogP contribution in [-0.4, -0.2) is 36.9 Å². The average Bonchev–Trinajstić information content (AvgIpc) is 3.12. The Morgan fingerprint density at radius 3 is 2.71 bits per heavy atom. The lowest BCUT2D eigenvalue weighted by atomic mass is 10.4. The predicted molar refractivity (Wildman–Crippen MR) is 68.0 cm³/mol. The van der Waals surface area contributed by atoms with Crippen molar-refractivity contribution < 1.29 is 5.11 Å². The van der Waals surface area contributed by atoms with Gasteiger partial charge in [-0.05, 0) is 38.0 Å². The van der Waals surface area contributed by atoms with Gasteiger partial charge in [-0.25, -0.2) is 4.68 Å². The second kappa shape index (κ2) is 5.29. The lowest BCUT2D eigenvalue weighted by molar-refractivity contribution is 0.194. The van der Waals surface area contributed by atoms with Crippen molar-refractivity contribution in [1.29, 1.82) is 0 Å². The van der Waals surface area contributed by atoms with E-state index in [1.54, 1.807) is 4.57 Å². The topological polar surface area (TPSA) is 46.2 Å². The Hall–Kier alpha value is -0.720. The molecule has 0 spiro atoms. The molecule has 1 aliphatic carbocycles. The van der Waals surface area contributed by atoms with Crippen LogP contribution in [0.1, 0.15) is 32.0 Å². The molecule has 1 N–H and O–H groups in total. The molecule has 1 saturated carbocycles. The molecule has 0 bridgehead atoms. The normalized spacial score (nSPS) is 15.8. The summed E-state index contributed by atoms with van der Waals surface area (Å²) in [6, 6.07) is 0.705. The Morgan fingerprint density at radius 2 is 2.24 bits per heavy atom. The van der Waals surface area contributed by atoms with E-state index >= 15 is 0 Å². The van der Waals surface area contributed by atoms with Gasteiger partial charge in [-0.3, -0.25) is 4.90 Å². The maximum Gasteiger partial charge on any atom is 0.198 e. The molecule has 6 heteroatoms. The fraction of sp³-hybridized carbons (Fsp3) is 0.818. The van der Waals surface area contributed by atoms with Crippen LogP contribution >= 0.6 is 12.2 Å². The minimum atomic E-state index is -0.0651. The molecule has 17 heavy (non-hydrogen) atoms. The van der Waals surface area contributed by atoms with Crippen LogP contribution in [-0.2, 0) is 20.3 Å². The third-order valence-electron chi connectivity index (χ3n) is 3.16. The highest BCUT2D eigenvalue weighted by Gasteiger charge is 2.28. The second-order valence-corrected chi connectivity index (χ2v) is 4.97. The van der Waals surface area contributed by atoms with Gasteiger partial charge >= 0.3 is 0 Å². The van der Waals surface area contributed by atoms with E-state index in [-0.39, 0.29) is 6.61 Å². The van der Waals surface area contributed by atoms with Gasteiger partial charge in [-0.1, -0.05) is 6.92 Å². The van der Waals surface area contributed by atoms with E-state index in [4.69, 9.17) is 17.3 Å². The van der Waals surface area contributed by atoms with Gasteiger partial charge in [0.15, 0.2) is 10.6 Å². The van der Waals surface area contributed by atoms with Gasteiger partial charge in [0.1, 0.15) is 6.61 Å². The number of hydrogen-bond acceptors (Lipinski definition) is 4. The largest absolute Gasteiger partial charge is 0.388 e. The van der Waals surface area contributed by atoms with Crippen LogP contribution in [0.25, 0.3) is 0 Å². The maximum absolute atomic E-state index is 9.16. The number of aliphatic hydroxyl groups is 1. The van der Waals surface area contributed by atoms with E-state index in [1.807, 2.05) is 11.7 Å². The zero-order valence-corrected chi connectivity index (χ0v) is 11.3. The van der Waals surface area contributed by atoms with Gasteiger partial charge in [0.2, 0.25) is 0 Å². The van der Waals surface area contributed by atoms with Crippen LogP contribution in [0.2, 0.25) is 0 Å². The van der Waals surface area contributed by atoms with E-state index in [0.717, 1.165) is 19.6 Å². The number of rotatable bonds is 6. The van der Waals surface area contributed by atoms with E-state index in [2.05, 4.69) is 16.9 Å². The van der Waals surface area contributed by atoms with Crippen LogP contribution in [0.5, 0.6) is 0 Å². The molecule has 96 valence electrons. The lowest BCUT2D eigenvalue weighted by Crippen LogP contribution is -2.30. The molecule has 2 rings (SSSR count). The van der Waals surface area contributed by atoms with Gasteiger partial charge in [0, 0.05) is 13.1 Å². The second-order valence-electron chi connectivity index (χ2n) is 4.60. The van der Waals surface area contributed by atoms with Crippen molar-refractivity contribution in [2.45, 2.75) is 45.5 Å². The molecule has 1 heterocycles. The van der Waals surface area contributed by atoms with Crippen LogP contribution in [0.4, 0.5) is 0 Å². The van der Waals surface area contributed by atoms with Crippen LogP contribution < -0.4 is 0 Å². The first-order chi connectivity index (χ1) is 8.17. The Balaban J connectivity index is 2.13. The summed E-state index contributed by atoms with van der Waals surface area (Å²) in [6.45, 7) is 3.94. The summed E-state index contributed by atoms with van der Waals surface area (Å²) in [5, 5.41) is 13.5. The Morgan fingerprint density at radius 1 is 1.53 bits per heavy atom. The van der Waals surface area contributed by atoms with E-state index < -0.39 is 0 Å². The van der Waals surface area contributed by atoms with E-state index in [0.29, 0.717) is 16.6 Å². The first-order valence-electron chi connectivity index (χ1n) is 6.15. The number of aromatic nitrogens is 3. The van der Waals surface area contributed by atoms with Gasteiger partial charge in [0.25, 0.3) is 0 Å². The minimum absolute atomic E-state index is 0.0651. The molecular formula is C11H20N4OS. The molecule has 0 radical (unpaired) electrons. The molecule has 0 aromatic carbocycles. The van der Waals surface area contributed by atoms with E-state index in [9.17, 15) is 0 Å². The van der Waals surface area contributed by atoms with Crippen molar-refractivity contribution in [2.24, 2.45) is 7.05 Å². The highest BCUT2D eigenvalue weighted by molar-refractivity contribution is 7.71. The van der Waals surface area contributed by atoms with Crippen LogP contribution in [0.15, 0.2) is 0 Å². The van der Waals surface area contributed by atoms with Crippen molar-refractivity contribution in [3.63, 3.8) is 0 Å². The molecule has 0 aliphatic heterocycles. The molecule has 0 amide bonds. The monoisotopic (exact) mass is 256 g/mol. The standard InChI is InChI=1S/C11H20N4OS/c1-3-6-14(9-4-5-9)8-15-11(17)13(2)10(7-16)12-15/h9,16H,3-8H2,1-2H3. The zero-order valence-electron chi connectivity index (χ0n) is 10.5. The fourth-order valence-electron chi connectivity index (χ4n) is 2.03. The van der Waals surface area contributed by atoms with Gasteiger partial charge in [0.05, 0.1) is 6.67 Å². The van der Waals surface area contributed by atoms with Crippen molar-refractivity contribution >= 4 is 12.2 Å². The Bertz CT molecular complexity index is 435. The number of aliphatic hydroxyl groups excluding tert-OH is 1. The summed E-state index contributed by atoms with van der Waals surface area (Å²) in [5.74, 6) is 0.627. The quantitative estimate of drug-likeness (QED) is 0.779. The Labute approximate surface area is 107 Å². The third-order valence-corrected chi connectivity index (χ3v) is 3.65. The summed E-state index contributed by atoms with van der Waals surface area (Å²) in [7, 11) is 1.85. The molecule has 1 aliphatic rings. The van der Waals surface area contributed by atoms with Gasteiger partial charge in [-0.15, -0.1) is 0 Å². The van der Waals surface area contributed by atoms with Crippen molar-refractivity contribution in [3.05, 3.63) is 10.6 Å². The summed E-state index contributed by atoms with van der Waals surface area (Å²) in [4.78, 5) is 2.42. The summed E-state index contributed by atoms with van der Waals surface area (Å²) in [5.41, 5.74) is 0. The summed E-state index contributed by atoms with van der Waals surface area (Å²) in [6.07, 6.45) is 3.71. The molecule has 5 nitrogen and oxygen atoms in total. The van der Waals surface area contributed by atoms with Crippen LogP contribution in [0, 0.1) is 4.77 Å². The molecule has 1 aromatic rings. The summed E-state index contributed by atoms with van der Waals surface area (Å²) < 4.78 is 4.26. The Kier molecular flexibility index (Phi) is 3.96. The highest BCUT2D eigenvalue weighted by Crippen LogP contribution is 2.27. The molecule has 0 atom stereocenters. The van der Waals surface area contributed by atoms with Crippen LogP contribution in [0.3, 0.4) is 0 Å². The van der Waals surface area contributed by atoms with Crippen molar-refractivity contribution in [1.82, 2.24) is 19.2 Å². The first kappa shape index (κ1) is 12.7. The van der Waals surface area contributed by atoms with Crippen molar-refractivity contribution in [2.75, 3.05) is 6.54 Å². The molecule has 0 unspecified atom stereocenters. The van der Waals surface area contributed by atoms with Crippen molar-refractivity contribution in [3.8, 4) is 0 Å². The molecular weight excluding hydrogens is 236 g/mol. The smallest absolute Gasteiger partial charge is 0.198 e. The minimum Gasteiger partial charge on any atom is -0.388 e. The predicted octanol–water partition coefficient (Wildman–Crippen LogP) is 1.28. The number of nitrogens with zero attached hydrogens (tertiary/aromatic N) is 4. The molecule has 0 saturated heterocycles. The van der Waals surface area contributed by atoms with E-state index in [1.165, 1.54) is 12.8 Å². The molecule has 1 aromatic heterocycles. The average molecular weight is 256 g/mol. The zero-order chi connectivity index (χ0) is 12.4.